The van der Waals surface area contributed by atoms with Gasteiger partial charge in [-0.1, -0.05) is 42.5 Å². The minimum Gasteiger partial charge on any atom is -0.464 e. The van der Waals surface area contributed by atoms with Gasteiger partial charge in [-0.3, -0.25) is 4.79 Å². The van der Waals surface area contributed by atoms with Crippen molar-refractivity contribution in [3.63, 3.8) is 0 Å². The van der Waals surface area contributed by atoms with Crippen LogP contribution in [0.2, 0.25) is 0 Å². The fourth-order valence-corrected chi connectivity index (χ4v) is 5.33. The number of hydrogen-bond acceptors (Lipinski definition) is 6. The quantitative estimate of drug-likeness (QED) is 0.284. The number of hydrogen-bond donors (Lipinski definition) is 2. The number of ether oxygens (including phenoxy) is 2. The average molecular weight is 517 g/mol. The van der Waals surface area contributed by atoms with E-state index in [1.807, 2.05) is 35.0 Å². The van der Waals surface area contributed by atoms with Gasteiger partial charge in [0.1, 0.15) is 5.65 Å². The number of carbonyl (C=O) groups is 2. The Morgan fingerprint density at radius 2 is 2.05 bits per heavy atom. The van der Waals surface area contributed by atoms with Crippen LogP contribution in [0.25, 0.3) is 11.0 Å². The standard InChI is InChI=1S/C30H36N4O4/c1-37-30(36)27-26(33-29(35)23-14-16-38-20-23)25-17-24(31-18-22-11-6-3-7-12-22)19-32-28(25)34(27)15-8-13-21-9-4-2-5-10-21/h2-6,9-10,17,19,22-23,31H,7-8,11-16,18,20H2,1H3,(H,33,35)/t22-,23+/m1/s1. The van der Waals surface area contributed by atoms with Crippen molar-refractivity contribution < 1.29 is 19.1 Å². The molecular weight excluding hydrogens is 480 g/mol. The summed E-state index contributed by atoms with van der Waals surface area (Å²) in [6.07, 6.45) is 12.0. The van der Waals surface area contributed by atoms with Crippen molar-refractivity contribution >= 4 is 34.3 Å². The number of rotatable bonds is 10. The fraction of sp³-hybridized carbons (Fsp3) is 0.433. The van der Waals surface area contributed by atoms with Gasteiger partial charge in [-0.25, -0.2) is 9.78 Å². The number of methoxy groups -OCH3 is 1. The third-order valence-corrected chi connectivity index (χ3v) is 7.49. The second kappa shape index (κ2) is 12.3. The van der Waals surface area contributed by atoms with Crippen molar-refractivity contribution in [1.82, 2.24) is 9.55 Å². The minimum atomic E-state index is -0.496. The van der Waals surface area contributed by atoms with Gasteiger partial charge in [-0.15, -0.1) is 0 Å². The van der Waals surface area contributed by atoms with E-state index in [2.05, 4.69) is 34.9 Å². The first kappa shape index (κ1) is 26.0. The van der Waals surface area contributed by atoms with Crippen LogP contribution in [0.3, 0.4) is 0 Å². The number of nitrogens with zero attached hydrogens (tertiary/aromatic N) is 2. The summed E-state index contributed by atoms with van der Waals surface area (Å²) in [4.78, 5) is 31.0. The lowest BCUT2D eigenvalue weighted by molar-refractivity contribution is -0.119. The summed E-state index contributed by atoms with van der Waals surface area (Å²) in [5.74, 6) is -0.316. The number of allylic oxidation sites excluding steroid dienone is 2. The predicted octanol–water partition coefficient (Wildman–Crippen LogP) is 5.20. The zero-order chi connectivity index (χ0) is 26.3. The molecule has 0 bridgehead atoms. The molecule has 1 fully saturated rings. The molecule has 2 aliphatic rings. The van der Waals surface area contributed by atoms with Gasteiger partial charge >= 0.3 is 5.97 Å². The van der Waals surface area contributed by atoms with E-state index in [0.717, 1.165) is 49.7 Å². The molecule has 2 atom stereocenters. The molecule has 1 aliphatic heterocycles. The smallest absolute Gasteiger partial charge is 0.356 e. The lowest BCUT2D eigenvalue weighted by Gasteiger charge is -2.18. The largest absolute Gasteiger partial charge is 0.464 e. The lowest BCUT2D eigenvalue weighted by Crippen LogP contribution is -2.24. The highest BCUT2D eigenvalue weighted by molar-refractivity contribution is 6.11. The van der Waals surface area contributed by atoms with E-state index in [9.17, 15) is 9.59 Å². The van der Waals surface area contributed by atoms with Crippen LogP contribution in [0.1, 0.15) is 48.2 Å². The van der Waals surface area contributed by atoms with Crippen molar-refractivity contribution in [2.45, 2.75) is 45.1 Å². The van der Waals surface area contributed by atoms with Crippen molar-refractivity contribution in [2.24, 2.45) is 11.8 Å². The van der Waals surface area contributed by atoms with E-state index in [-0.39, 0.29) is 11.8 Å². The number of carbonyl (C=O) groups excluding carboxylic acids is 2. The second-order valence-electron chi connectivity index (χ2n) is 10.1. The van der Waals surface area contributed by atoms with E-state index >= 15 is 0 Å². The Balaban J connectivity index is 1.47. The van der Waals surface area contributed by atoms with Gasteiger partial charge in [0.2, 0.25) is 5.91 Å². The summed E-state index contributed by atoms with van der Waals surface area (Å²) in [6, 6.07) is 12.2. The minimum absolute atomic E-state index is 0.150. The maximum atomic E-state index is 13.2. The second-order valence-corrected chi connectivity index (χ2v) is 10.1. The fourth-order valence-electron chi connectivity index (χ4n) is 5.33. The predicted molar refractivity (Wildman–Crippen MR) is 148 cm³/mol. The molecule has 200 valence electrons. The molecule has 2 aromatic heterocycles. The van der Waals surface area contributed by atoms with Gasteiger partial charge in [0.15, 0.2) is 5.69 Å². The van der Waals surface area contributed by atoms with Crippen LogP contribution in [0.4, 0.5) is 11.4 Å². The Bertz CT molecular complexity index is 1290. The maximum Gasteiger partial charge on any atom is 0.356 e. The molecule has 1 amide bonds. The number of amides is 1. The number of benzene rings is 1. The zero-order valence-corrected chi connectivity index (χ0v) is 21.9. The Kier molecular flexibility index (Phi) is 8.38. The topological polar surface area (TPSA) is 94.5 Å². The molecule has 0 unspecified atom stereocenters. The molecule has 8 nitrogen and oxygen atoms in total. The van der Waals surface area contributed by atoms with Crippen LogP contribution < -0.4 is 10.6 Å². The number of nitrogens with one attached hydrogen (secondary N) is 2. The molecule has 8 heteroatoms. The molecule has 3 heterocycles. The van der Waals surface area contributed by atoms with E-state index in [4.69, 9.17) is 14.5 Å². The SMILES string of the molecule is COC(=O)c1c(NC(=O)[C@H]2CCOC2)c2cc(NC[C@@H]3CC=CCC3)cnc2n1CCCc1ccccc1. The van der Waals surface area contributed by atoms with E-state index in [0.29, 0.717) is 49.1 Å². The van der Waals surface area contributed by atoms with Gasteiger partial charge in [-0.2, -0.15) is 0 Å². The van der Waals surface area contributed by atoms with Crippen LogP contribution in [0, 0.1) is 11.8 Å². The molecule has 3 aromatic rings. The zero-order valence-electron chi connectivity index (χ0n) is 21.9. The maximum absolute atomic E-state index is 13.2. The molecule has 0 saturated carbocycles. The van der Waals surface area contributed by atoms with Crippen LogP contribution in [0.5, 0.6) is 0 Å². The van der Waals surface area contributed by atoms with Gasteiger partial charge in [-0.05, 0) is 56.1 Å². The monoisotopic (exact) mass is 516 g/mol. The van der Waals surface area contributed by atoms with E-state index in [1.54, 1.807) is 0 Å². The van der Waals surface area contributed by atoms with Crippen molar-refractivity contribution in [3.05, 3.63) is 66.0 Å². The number of pyridine rings is 1. The van der Waals surface area contributed by atoms with Crippen LogP contribution in [-0.2, 0) is 27.2 Å². The molecule has 1 saturated heterocycles. The Hall–Kier alpha value is -3.65. The Morgan fingerprint density at radius 1 is 1.18 bits per heavy atom. The number of anilines is 2. The molecule has 0 radical (unpaired) electrons. The molecule has 38 heavy (non-hydrogen) atoms. The third kappa shape index (κ3) is 5.91. The number of aryl methyl sites for hydroxylation is 2. The van der Waals surface area contributed by atoms with Crippen LogP contribution >= 0.6 is 0 Å². The summed E-state index contributed by atoms with van der Waals surface area (Å²) >= 11 is 0. The first-order valence-corrected chi connectivity index (χ1v) is 13.6. The molecule has 2 N–H and O–H groups in total. The average Bonchev–Trinajstić information content (AvgIpc) is 3.60. The van der Waals surface area contributed by atoms with E-state index < -0.39 is 5.97 Å². The summed E-state index contributed by atoms with van der Waals surface area (Å²) in [5, 5.41) is 7.31. The van der Waals surface area contributed by atoms with Crippen molar-refractivity contribution in [2.75, 3.05) is 37.5 Å². The normalized spacial score (nSPS) is 19.0. The van der Waals surface area contributed by atoms with Crippen molar-refractivity contribution in [3.8, 4) is 0 Å². The highest BCUT2D eigenvalue weighted by Crippen LogP contribution is 2.34. The van der Waals surface area contributed by atoms with Gasteiger partial charge in [0.25, 0.3) is 0 Å². The third-order valence-electron chi connectivity index (χ3n) is 7.49. The van der Waals surface area contributed by atoms with Gasteiger partial charge in [0.05, 0.1) is 37.2 Å². The molecule has 1 aromatic carbocycles. The van der Waals surface area contributed by atoms with Crippen LogP contribution in [0.15, 0.2) is 54.7 Å². The summed E-state index contributed by atoms with van der Waals surface area (Å²) < 4.78 is 12.5. The molecular formula is C30H36N4O4. The number of fused-ring (bicyclic) bond motifs is 1. The first-order valence-electron chi connectivity index (χ1n) is 13.6. The number of aromatic nitrogens is 2. The summed E-state index contributed by atoms with van der Waals surface area (Å²) in [5.41, 5.74) is 3.53. The molecule has 1 aliphatic carbocycles. The van der Waals surface area contributed by atoms with Crippen LogP contribution in [-0.4, -0.2) is 48.3 Å². The summed E-state index contributed by atoms with van der Waals surface area (Å²) in [7, 11) is 1.36. The Labute approximate surface area is 223 Å². The molecule has 5 rings (SSSR count). The van der Waals surface area contributed by atoms with Gasteiger partial charge in [0, 0.05) is 25.1 Å². The molecule has 0 spiro atoms. The Morgan fingerprint density at radius 3 is 2.79 bits per heavy atom. The summed E-state index contributed by atoms with van der Waals surface area (Å²) in [6.45, 7) is 2.36. The van der Waals surface area contributed by atoms with E-state index in [1.165, 1.54) is 12.7 Å². The van der Waals surface area contributed by atoms with Gasteiger partial charge < -0.3 is 24.7 Å². The van der Waals surface area contributed by atoms with Crippen molar-refractivity contribution in [1.29, 1.82) is 0 Å². The number of esters is 1. The highest BCUT2D eigenvalue weighted by Gasteiger charge is 2.30. The highest BCUT2D eigenvalue weighted by atomic mass is 16.5. The first-order chi connectivity index (χ1) is 18.6. The lowest BCUT2D eigenvalue weighted by atomic mass is 9.94.